The van der Waals surface area contributed by atoms with E-state index in [4.69, 9.17) is 4.74 Å². The number of nitrogens with zero attached hydrogens (tertiary/aromatic N) is 3. The highest BCUT2D eigenvalue weighted by Crippen LogP contribution is 2.75. The maximum Gasteiger partial charge on any atom is 0.280 e. The zero-order valence-electron chi connectivity index (χ0n) is 18.2. The van der Waals surface area contributed by atoms with Gasteiger partial charge in [-0.25, -0.2) is 27.5 Å². The zero-order chi connectivity index (χ0) is 23.5. The molecule has 3 fully saturated rings. The molecule has 0 spiro atoms. The number of ketones is 1. The van der Waals surface area contributed by atoms with Gasteiger partial charge >= 0.3 is 0 Å². The molecule has 0 saturated heterocycles. The van der Waals surface area contributed by atoms with Crippen LogP contribution in [0.25, 0.3) is 5.65 Å². The van der Waals surface area contributed by atoms with Crippen LogP contribution >= 0.6 is 0 Å². The summed E-state index contributed by atoms with van der Waals surface area (Å²) in [7, 11) is 0. The van der Waals surface area contributed by atoms with Crippen molar-refractivity contribution in [2.24, 2.45) is 5.41 Å². The molecule has 33 heavy (non-hydrogen) atoms. The van der Waals surface area contributed by atoms with Crippen LogP contribution < -0.4 is 4.74 Å². The first-order valence-electron chi connectivity index (χ1n) is 10.9. The van der Waals surface area contributed by atoms with E-state index < -0.39 is 29.7 Å². The minimum atomic E-state index is -2.76. The average molecular weight is 461 g/mol. The van der Waals surface area contributed by atoms with Crippen molar-refractivity contribution in [1.82, 2.24) is 14.4 Å². The molecule has 3 saturated carbocycles. The fourth-order valence-electron chi connectivity index (χ4n) is 5.17. The molecule has 0 unspecified atom stereocenters. The largest absolute Gasteiger partial charge is 0.491 e. The molecule has 3 aliphatic carbocycles. The lowest BCUT2D eigenvalue weighted by Gasteiger charge is -2.69. The van der Waals surface area contributed by atoms with Crippen LogP contribution in [-0.2, 0) is 11.8 Å². The van der Waals surface area contributed by atoms with E-state index in [-0.39, 0.29) is 23.6 Å². The second kappa shape index (κ2) is 7.53. The highest BCUT2D eigenvalue weighted by molar-refractivity contribution is 5.96. The molecule has 174 valence electrons. The van der Waals surface area contributed by atoms with E-state index in [1.807, 2.05) is 20.0 Å². The Hall–Kier alpha value is -2.97. The number of pyridine rings is 2. The Morgan fingerprint density at radius 2 is 1.85 bits per heavy atom. The summed E-state index contributed by atoms with van der Waals surface area (Å²) in [4.78, 5) is 21.3. The Morgan fingerprint density at radius 1 is 1.12 bits per heavy atom. The number of carbonyl (C=O) groups is 1. The SMILES string of the molecule is CC(C)Oc1cc2nc(C34CC(C(F)F)(C3)C4)cn2cc1CC(=O)c1cccc(C(F)F)n1. The van der Waals surface area contributed by atoms with Crippen molar-refractivity contribution in [1.29, 1.82) is 0 Å². The average Bonchev–Trinajstić information content (AvgIpc) is 3.07. The van der Waals surface area contributed by atoms with Gasteiger partial charge in [0.05, 0.1) is 11.8 Å². The molecule has 5 nitrogen and oxygen atoms in total. The van der Waals surface area contributed by atoms with Gasteiger partial charge in [0.25, 0.3) is 6.43 Å². The summed E-state index contributed by atoms with van der Waals surface area (Å²) in [6, 6.07) is 5.70. The summed E-state index contributed by atoms with van der Waals surface area (Å²) in [6.07, 6.45) is -0.460. The fourth-order valence-corrected chi connectivity index (χ4v) is 5.17. The molecule has 3 aromatic heterocycles. The molecule has 3 heterocycles. The summed E-state index contributed by atoms with van der Waals surface area (Å²) in [5, 5.41) is 0. The molecular weight excluding hydrogens is 438 g/mol. The van der Waals surface area contributed by atoms with Gasteiger partial charge in [0.15, 0.2) is 5.78 Å². The van der Waals surface area contributed by atoms with Gasteiger partial charge in [-0.3, -0.25) is 4.79 Å². The minimum Gasteiger partial charge on any atom is -0.491 e. The Bertz CT molecular complexity index is 1220. The molecule has 0 aliphatic heterocycles. The van der Waals surface area contributed by atoms with Crippen molar-refractivity contribution in [2.45, 2.75) is 63.9 Å². The Kier molecular flexibility index (Phi) is 4.99. The third-order valence-corrected chi connectivity index (χ3v) is 6.70. The van der Waals surface area contributed by atoms with Gasteiger partial charge in [-0.2, -0.15) is 0 Å². The quantitative estimate of drug-likeness (QED) is 0.325. The fraction of sp³-hybridized carbons (Fsp3) is 0.458. The Morgan fingerprint density at radius 3 is 2.48 bits per heavy atom. The number of hydrogen-bond donors (Lipinski definition) is 0. The smallest absolute Gasteiger partial charge is 0.280 e. The molecule has 3 aliphatic rings. The molecule has 0 N–H and O–H groups in total. The predicted molar refractivity (Wildman–Crippen MR) is 112 cm³/mol. The number of carbonyl (C=O) groups excluding carboxylic acids is 1. The van der Waals surface area contributed by atoms with E-state index in [9.17, 15) is 22.4 Å². The number of hydrogen-bond acceptors (Lipinski definition) is 4. The summed E-state index contributed by atoms with van der Waals surface area (Å²) in [5.41, 5.74) is 0.308. The molecule has 0 amide bonds. The number of halogens is 4. The molecule has 9 heteroatoms. The van der Waals surface area contributed by atoms with Crippen LogP contribution in [0.3, 0.4) is 0 Å². The molecule has 0 aromatic carbocycles. The maximum atomic E-state index is 13.2. The highest BCUT2D eigenvalue weighted by Gasteiger charge is 2.73. The van der Waals surface area contributed by atoms with Gasteiger partial charge < -0.3 is 9.14 Å². The van der Waals surface area contributed by atoms with Crippen LogP contribution in [0, 0.1) is 5.41 Å². The Labute approximate surface area is 187 Å². The third kappa shape index (κ3) is 3.57. The molecule has 0 atom stereocenters. The van der Waals surface area contributed by atoms with Gasteiger partial charge in [-0.05, 0) is 45.2 Å². The number of Topliss-reactive ketones (excluding diaryl/α,β-unsaturated/α-hetero) is 1. The van der Waals surface area contributed by atoms with Crippen molar-refractivity contribution in [3.63, 3.8) is 0 Å². The van der Waals surface area contributed by atoms with Crippen molar-refractivity contribution in [3.8, 4) is 5.75 Å². The lowest BCUT2D eigenvalue weighted by molar-refractivity contribution is -0.223. The van der Waals surface area contributed by atoms with Gasteiger partial charge in [0, 0.05) is 41.3 Å². The number of fused-ring (bicyclic) bond motifs is 1. The van der Waals surface area contributed by atoms with E-state index in [0.29, 0.717) is 36.2 Å². The molecule has 3 aromatic rings. The monoisotopic (exact) mass is 461 g/mol. The zero-order valence-corrected chi connectivity index (χ0v) is 18.2. The van der Waals surface area contributed by atoms with Gasteiger partial charge in [0.2, 0.25) is 6.43 Å². The summed E-state index contributed by atoms with van der Waals surface area (Å²) in [5.74, 6) is 0.0544. The van der Waals surface area contributed by atoms with Crippen LogP contribution in [0.5, 0.6) is 5.75 Å². The lowest BCUT2D eigenvalue weighted by atomic mass is 9.34. The van der Waals surface area contributed by atoms with Crippen LogP contribution in [0.15, 0.2) is 36.7 Å². The first-order valence-corrected chi connectivity index (χ1v) is 10.9. The number of rotatable bonds is 8. The van der Waals surface area contributed by atoms with Gasteiger partial charge in [-0.15, -0.1) is 0 Å². The van der Waals surface area contributed by atoms with Gasteiger partial charge in [0.1, 0.15) is 22.8 Å². The second-order valence-corrected chi connectivity index (χ2v) is 9.54. The van der Waals surface area contributed by atoms with E-state index >= 15 is 0 Å². The topological polar surface area (TPSA) is 56.5 Å². The number of aromatic nitrogens is 3. The van der Waals surface area contributed by atoms with E-state index in [1.165, 1.54) is 18.2 Å². The van der Waals surface area contributed by atoms with Crippen LogP contribution in [0.2, 0.25) is 0 Å². The summed E-state index contributed by atoms with van der Waals surface area (Å²) in [6.45, 7) is 3.71. The molecule has 0 radical (unpaired) electrons. The number of alkyl halides is 4. The second-order valence-electron chi connectivity index (χ2n) is 9.54. The third-order valence-electron chi connectivity index (χ3n) is 6.70. The summed E-state index contributed by atoms with van der Waals surface area (Å²) >= 11 is 0. The first kappa shape index (κ1) is 21.9. The van der Waals surface area contributed by atoms with Crippen molar-refractivity contribution in [2.75, 3.05) is 0 Å². The van der Waals surface area contributed by atoms with E-state index in [2.05, 4.69) is 9.97 Å². The number of ether oxygens (including phenoxy) is 1. The van der Waals surface area contributed by atoms with Crippen molar-refractivity contribution >= 4 is 11.4 Å². The van der Waals surface area contributed by atoms with Crippen LogP contribution in [0.1, 0.15) is 67.0 Å². The van der Waals surface area contributed by atoms with Crippen LogP contribution in [0.4, 0.5) is 17.6 Å². The van der Waals surface area contributed by atoms with Crippen molar-refractivity contribution < 1.29 is 27.1 Å². The molecule has 2 bridgehead atoms. The minimum absolute atomic E-state index is 0.0409. The van der Waals surface area contributed by atoms with Gasteiger partial charge in [-0.1, -0.05) is 6.07 Å². The Balaban J connectivity index is 1.45. The maximum absolute atomic E-state index is 13.2. The molecular formula is C24H23F4N3O2. The predicted octanol–water partition coefficient (Wildman–Crippen LogP) is 5.57. The normalized spacial score (nSPS) is 23.8. The van der Waals surface area contributed by atoms with E-state index in [0.717, 1.165) is 5.69 Å². The standard InChI is InChI=1S/C24H23F4N3O2/c1-13(2)33-18-7-20-30-19(23-10-24(11-23,12-23)22(27)28)9-31(20)8-14(18)6-17(32)15-4-3-5-16(29-15)21(25)26/h3-5,7-9,13,21-22H,6,10-12H2,1-2H3. The highest BCUT2D eigenvalue weighted by atomic mass is 19.3. The first-order chi connectivity index (χ1) is 15.6. The lowest BCUT2D eigenvalue weighted by Crippen LogP contribution is -2.67. The number of imidazole rings is 1. The summed E-state index contributed by atoms with van der Waals surface area (Å²) < 4.78 is 60.1. The van der Waals surface area contributed by atoms with Crippen LogP contribution in [-0.4, -0.2) is 32.7 Å². The molecule has 6 rings (SSSR count). The van der Waals surface area contributed by atoms with E-state index in [1.54, 1.807) is 16.7 Å². The van der Waals surface area contributed by atoms with Crippen molar-refractivity contribution in [3.05, 3.63) is 59.3 Å².